The van der Waals surface area contributed by atoms with Crippen molar-refractivity contribution >= 4 is 28.8 Å². The van der Waals surface area contributed by atoms with E-state index in [1.54, 1.807) is 0 Å². The van der Waals surface area contributed by atoms with Gasteiger partial charge in [-0.15, -0.1) is 0 Å². The molecule has 0 saturated heterocycles. The van der Waals surface area contributed by atoms with Crippen LogP contribution in [-0.2, 0) is 19.1 Å². The Morgan fingerprint density at radius 3 is 2.36 bits per heavy atom. The van der Waals surface area contributed by atoms with E-state index >= 15 is 0 Å². The minimum Gasteiger partial charge on any atom is -0.480 e. The van der Waals surface area contributed by atoms with Gasteiger partial charge in [-0.1, -0.05) is 11.8 Å². The van der Waals surface area contributed by atoms with E-state index in [4.69, 9.17) is 5.11 Å². The molecule has 0 aliphatic heterocycles. The minimum atomic E-state index is -1.09. The van der Waals surface area contributed by atoms with Gasteiger partial charge in [0.15, 0.2) is 5.12 Å². The molecule has 14 heavy (non-hydrogen) atoms. The minimum absolute atomic E-state index is 0.00769. The average molecular weight is 220 g/mol. The third-order valence-corrected chi connectivity index (χ3v) is 2.48. The van der Waals surface area contributed by atoms with E-state index in [1.807, 2.05) is 0 Å². The van der Waals surface area contributed by atoms with Gasteiger partial charge in [-0.05, 0) is 6.42 Å². The number of thioether (sulfide) groups is 1. The lowest BCUT2D eigenvalue weighted by atomic mass is 10.2. The number of carbonyl (C=O) groups excluding carboxylic acids is 2. The van der Waals surface area contributed by atoms with Gasteiger partial charge in [0.25, 0.3) is 0 Å². The number of carbonyl (C=O) groups is 3. The SMILES string of the molecule is COC(=O)CCC(SC(C)=O)C(=O)O. The Morgan fingerprint density at radius 2 is 2.00 bits per heavy atom. The third kappa shape index (κ3) is 5.58. The molecule has 1 N–H and O–H groups in total. The molecule has 0 aliphatic rings. The monoisotopic (exact) mass is 220 g/mol. The highest BCUT2D eigenvalue weighted by atomic mass is 32.2. The molecule has 80 valence electrons. The van der Waals surface area contributed by atoms with Crippen molar-refractivity contribution in [1.82, 2.24) is 0 Å². The molecule has 5 nitrogen and oxygen atoms in total. The lowest BCUT2D eigenvalue weighted by Crippen LogP contribution is -2.19. The van der Waals surface area contributed by atoms with Gasteiger partial charge < -0.3 is 9.84 Å². The van der Waals surface area contributed by atoms with Crippen molar-refractivity contribution in [3.63, 3.8) is 0 Å². The Labute approximate surface area is 85.8 Å². The summed E-state index contributed by atoms with van der Waals surface area (Å²) in [7, 11) is 1.23. The summed E-state index contributed by atoms with van der Waals surface area (Å²) in [6.07, 6.45) is 0.111. The van der Waals surface area contributed by atoms with Gasteiger partial charge in [-0.25, -0.2) is 0 Å². The van der Waals surface area contributed by atoms with Crippen LogP contribution >= 0.6 is 11.8 Å². The van der Waals surface area contributed by atoms with Gasteiger partial charge in [-0.3, -0.25) is 14.4 Å². The van der Waals surface area contributed by atoms with Gasteiger partial charge in [0.2, 0.25) is 0 Å². The second-order valence-corrected chi connectivity index (χ2v) is 3.93. The van der Waals surface area contributed by atoms with Crippen molar-refractivity contribution in [2.75, 3.05) is 7.11 Å². The van der Waals surface area contributed by atoms with Crippen LogP contribution in [0.25, 0.3) is 0 Å². The zero-order valence-electron chi connectivity index (χ0n) is 7.98. The fourth-order valence-corrected chi connectivity index (χ4v) is 1.52. The maximum absolute atomic E-state index is 10.7. The molecule has 1 unspecified atom stereocenters. The van der Waals surface area contributed by atoms with Gasteiger partial charge in [-0.2, -0.15) is 0 Å². The van der Waals surface area contributed by atoms with Crippen molar-refractivity contribution in [1.29, 1.82) is 0 Å². The fraction of sp³-hybridized carbons (Fsp3) is 0.625. The van der Waals surface area contributed by atoms with E-state index in [2.05, 4.69) is 4.74 Å². The van der Waals surface area contributed by atoms with Gasteiger partial charge in [0.05, 0.1) is 7.11 Å². The molecule has 0 amide bonds. The van der Waals surface area contributed by atoms with Crippen LogP contribution in [0, 0.1) is 0 Å². The van der Waals surface area contributed by atoms with Crippen LogP contribution in [0.15, 0.2) is 0 Å². The Balaban J connectivity index is 4.04. The van der Waals surface area contributed by atoms with Crippen molar-refractivity contribution in [3.8, 4) is 0 Å². The molecule has 0 aromatic heterocycles. The highest BCUT2D eigenvalue weighted by Gasteiger charge is 2.21. The summed E-state index contributed by atoms with van der Waals surface area (Å²) in [5, 5.41) is 7.54. The molecular formula is C8H12O5S. The molecule has 0 radical (unpaired) electrons. The highest BCUT2D eigenvalue weighted by molar-refractivity contribution is 8.14. The summed E-state index contributed by atoms with van der Waals surface area (Å²) in [5.41, 5.74) is 0. The normalized spacial score (nSPS) is 11.9. The predicted molar refractivity (Wildman–Crippen MR) is 50.9 cm³/mol. The van der Waals surface area contributed by atoms with E-state index in [-0.39, 0.29) is 18.0 Å². The molecule has 0 aromatic carbocycles. The number of carboxylic acids is 1. The topological polar surface area (TPSA) is 80.7 Å². The molecule has 0 fully saturated rings. The molecule has 0 bridgehead atoms. The second kappa shape index (κ2) is 6.42. The lowest BCUT2D eigenvalue weighted by molar-refractivity contribution is -0.141. The van der Waals surface area contributed by atoms with E-state index in [1.165, 1.54) is 14.0 Å². The summed E-state index contributed by atoms with van der Waals surface area (Å²) in [4.78, 5) is 32.0. The first-order chi connectivity index (χ1) is 6.47. The number of ether oxygens (including phenoxy) is 1. The van der Waals surface area contributed by atoms with Gasteiger partial charge in [0, 0.05) is 13.3 Å². The predicted octanol–water partition coefficient (Wildman–Crippen LogP) is 0.672. The largest absolute Gasteiger partial charge is 0.480 e. The summed E-state index contributed by atoms with van der Waals surface area (Å²) >= 11 is 0.714. The maximum Gasteiger partial charge on any atom is 0.317 e. The van der Waals surface area contributed by atoms with Crippen LogP contribution in [-0.4, -0.2) is 34.5 Å². The van der Waals surface area contributed by atoms with Gasteiger partial charge >= 0.3 is 11.9 Å². The zero-order chi connectivity index (χ0) is 11.1. The molecule has 0 aliphatic carbocycles. The summed E-state index contributed by atoms with van der Waals surface area (Å²) in [5.74, 6) is -1.56. The number of hydrogen-bond donors (Lipinski definition) is 1. The van der Waals surface area contributed by atoms with E-state index in [9.17, 15) is 14.4 Å². The Kier molecular flexibility index (Phi) is 5.94. The highest BCUT2D eigenvalue weighted by Crippen LogP contribution is 2.17. The standard InChI is InChI=1S/C8H12O5S/c1-5(9)14-6(8(11)12)3-4-7(10)13-2/h6H,3-4H2,1-2H3,(H,11,12). The Morgan fingerprint density at radius 1 is 1.43 bits per heavy atom. The lowest BCUT2D eigenvalue weighted by Gasteiger charge is -2.08. The number of aliphatic carboxylic acids is 1. The van der Waals surface area contributed by atoms with Crippen molar-refractivity contribution < 1.29 is 24.2 Å². The molecule has 6 heteroatoms. The summed E-state index contributed by atoms with van der Waals surface area (Å²) < 4.78 is 4.36. The zero-order valence-corrected chi connectivity index (χ0v) is 8.80. The van der Waals surface area contributed by atoms with Crippen LogP contribution in [0.5, 0.6) is 0 Å². The number of rotatable bonds is 5. The van der Waals surface area contributed by atoms with Crippen molar-refractivity contribution in [2.24, 2.45) is 0 Å². The average Bonchev–Trinajstić information content (AvgIpc) is 2.10. The van der Waals surface area contributed by atoms with Crippen molar-refractivity contribution in [3.05, 3.63) is 0 Å². The summed E-state index contributed by atoms with van der Waals surface area (Å²) in [6, 6.07) is 0. The smallest absolute Gasteiger partial charge is 0.317 e. The van der Waals surface area contributed by atoms with Crippen LogP contribution in [0.3, 0.4) is 0 Å². The second-order valence-electron chi connectivity index (χ2n) is 2.55. The first-order valence-electron chi connectivity index (χ1n) is 3.94. The number of carboxylic acid groups (broad SMARTS) is 1. The van der Waals surface area contributed by atoms with Crippen LogP contribution in [0.4, 0.5) is 0 Å². The molecular weight excluding hydrogens is 208 g/mol. The quantitative estimate of drug-likeness (QED) is 0.686. The third-order valence-electron chi connectivity index (χ3n) is 1.42. The molecule has 0 rings (SSSR count). The number of esters is 1. The molecule has 0 saturated carbocycles. The fourth-order valence-electron chi connectivity index (χ4n) is 0.784. The van der Waals surface area contributed by atoms with Crippen molar-refractivity contribution in [2.45, 2.75) is 25.0 Å². The molecule has 1 atom stereocenters. The molecule has 0 spiro atoms. The first-order valence-corrected chi connectivity index (χ1v) is 4.82. The first kappa shape index (κ1) is 13.0. The Bertz CT molecular complexity index is 238. The number of methoxy groups -OCH3 is 1. The molecule has 0 aromatic rings. The van der Waals surface area contributed by atoms with E-state index < -0.39 is 17.2 Å². The van der Waals surface area contributed by atoms with Crippen LogP contribution in [0.1, 0.15) is 19.8 Å². The molecule has 0 heterocycles. The number of hydrogen-bond acceptors (Lipinski definition) is 5. The summed E-state index contributed by atoms with van der Waals surface area (Å²) in [6.45, 7) is 1.29. The maximum atomic E-state index is 10.7. The Hall–Kier alpha value is -1.04. The van der Waals surface area contributed by atoms with Crippen LogP contribution in [0.2, 0.25) is 0 Å². The van der Waals surface area contributed by atoms with E-state index in [0.29, 0.717) is 11.8 Å². The van der Waals surface area contributed by atoms with Crippen LogP contribution < -0.4 is 0 Å². The van der Waals surface area contributed by atoms with Gasteiger partial charge in [0.1, 0.15) is 5.25 Å². The van der Waals surface area contributed by atoms with E-state index in [0.717, 1.165) is 0 Å².